The molecule has 2 aromatic carbocycles. The summed E-state index contributed by atoms with van der Waals surface area (Å²) < 4.78 is 32.5. The van der Waals surface area contributed by atoms with E-state index >= 15 is 0 Å². The Morgan fingerprint density at radius 1 is 1.11 bits per heavy atom. The predicted molar refractivity (Wildman–Crippen MR) is 139 cm³/mol. The Labute approximate surface area is 215 Å². The van der Waals surface area contributed by atoms with Gasteiger partial charge in [-0.2, -0.15) is 0 Å². The minimum absolute atomic E-state index is 0.152. The molecular formula is C25H30N4O5S2. The average Bonchev–Trinajstić information content (AvgIpc) is 3.40. The average molecular weight is 531 g/mol. The van der Waals surface area contributed by atoms with Crippen LogP contribution in [0.2, 0.25) is 0 Å². The molecule has 1 aliphatic heterocycles. The first-order valence-corrected chi connectivity index (χ1v) is 13.8. The number of methoxy groups -OCH3 is 1. The van der Waals surface area contributed by atoms with Crippen LogP contribution >= 0.6 is 11.3 Å². The standard InChI is InChI=1S/C25H30N4O5S2/c1-27-12-14-29(15-13-27)17-18-5-4-6-21(24(30)26-31)23(18)28(2)22-11-16-35-25(22)36(32,33)20-9-7-19(34-3)8-10-20/h4-11,16,31H,12-15,17H2,1-3H3,(H,26,30). The minimum atomic E-state index is -3.83. The molecule has 36 heavy (non-hydrogen) atoms. The molecule has 4 rings (SSSR count). The summed E-state index contributed by atoms with van der Waals surface area (Å²) in [5.41, 5.74) is 3.85. The molecule has 3 aromatic rings. The van der Waals surface area contributed by atoms with Crippen LogP contribution in [0.5, 0.6) is 5.75 Å². The summed E-state index contributed by atoms with van der Waals surface area (Å²) in [7, 11) is 1.52. The number of hydroxylamine groups is 1. The van der Waals surface area contributed by atoms with Crippen molar-refractivity contribution in [1.82, 2.24) is 15.3 Å². The van der Waals surface area contributed by atoms with Crippen LogP contribution in [-0.4, -0.2) is 76.7 Å². The predicted octanol–water partition coefficient (Wildman–Crippen LogP) is 3.22. The van der Waals surface area contributed by atoms with Gasteiger partial charge in [-0.1, -0.05) is 12.1 Å². The summed E-state index contributed by atoms with van der Waals surface area (Å²) in [4.78, 5) is 19.1. The van der Waals surface area contributed by atoms with Crippen molar-refractivity contribution in [3.05, 3.63) is 65.0 Å². The van der Waals surface area contributed by atoms with Crippen molar-refractivity contribution in [3.8, 4) is 5.75 Å². The van der Waals surface area contributed by atoms with Crippen LogP contribution < -0.4 is 15.1 Å². The van der Waals surface area contributed by atoms with E-state index in [1.807, 2.05) is 6.07 Å². The Morgan fingerprint density at radius 2 is 1.81 bits per heavy atom. The first kappa shape index (κ1) is 26.1. The maximum absolute atomic E-state index is 13.6. The number of amides is 1. The van der Waals surface area contributed by atoms with Gasteiger partial charge < -0.3 is 14.5 Å². The number of anilines is 2. The van der Waals surface area contributed by atoms with Crippen molar-refractivity contribution >= 4 is 38.5 Å². The normalized spacial score (nSPS) is 15.0. The third kappa shape index (κ3) is 5.25. The van der Waals surface area contributed by atoms with Gasteiger partial charge in [0.2, 0.25) is 9.84 Å². The Balaban J connectivity index is 1.75. The molecule has 1 aliphatic rings. The maximum atomic E-state index is 13.6. The number of hydrogen-bond acceptors (Lipinski definition) is 9. The number of ether oxygens (including phenoxy) is 1. The highest BCUT2D eigenvalue weighted by molar-refractivity contribution is 7.93. The zero-order chi connectivity index (χ0) is 25.9. The van der Waals surface area contributed by atoms with Crippen LogP contribution in [0, 0.1) is 0 Å². The van der Waals surface area contributed by atoms with E-state index in [1.54, 1.807) is 53.1 Å². The molecule has 9 nitrogen and oxygen atoms in total. The largest absolute Gasteiger partial charge is 0.497 e. The molecule has 1 aromatic heterocycles. The number of piperazine rings is 1. The zero-order valence-corrected chi connectivity index (χ0v) is 22.1. The molecule has 2 heterocycles. The summed E-state index contributed by atoms with van der Waals surface area (Å²) in [5.74, 6) is -0.0955. The molecule has 1 saturated heterocycles. The van der Waals surface area contributed by atoms with Crippen LogP contribution in [-0.2, 0) is 16.4 Å². The second-order valence-electron chi connectivity index (χ2n) is 8.66. The maximum Gasteiger partial charge on any atom is 0.276 e. The Hall–Kier alpha value is -2.96. The van der Waals surface area contributed by atoms with E-state index in [0.29, 0.717) is 23.7 Å². The molecule has 1 fully saturated rings. The number of nitrogens with zero attached hydrogens (tertiary/aromatic N) is 3. The molecule has 0 unspecified atom stereocenters. The first-order chi connectivity index (χ1) is 17.3. The molecule has 11 heteroatoms. The van der Waals surface area contributed by atoms with Crippen molar-refractivity contribution in [1.29, 1.82) is 0 Å². The van der Waals surface area contributed by atoms with Crippen LogP contribution in [0.25, 0.3) is 0 Å². The van der Waals surface area contributed by atoms with Crippen LogP contribution in [0.1, 0.15) is 15.9 Å². The van der Waals surface area contributed by atoms with Crippen molar-refractivity contribution in [3.63, 3.8) is 0 Å². The van der Waals surface area contributed by atoms with Crippen molar-refractivity contribution < 1.29 is 23.2 Å². The van der Waals surface area contributed by atoms with Gasteiger partial charge in [0.15, 0.2) is 0 Å². The lowest BCUT2D eigenvalue weighted by atomic mass is 10.0. The van der Waals surface area contributed by atoms with Gasteiger partial charge in [0.05, 0.1) is 28.9 Å². The molecule has 2 N–H and O–H groups in total. The third-order valence-electron chi connectivity index (χ3n) is 6.38. The summed E-state index contributed by atoms with van der Waals surface area (Å²) in [6.45, 7) is 4.23. The quantitative estimate of drug-likeness (QED) is 0.338. The molecule has 0 saturated carbocycles. The van der Waals surface area contributed by atoms with Gasteiger partial charge >= 0.3 is 0 Å². The molecule has 0 atom stereocenters. The number of carbonyl (C=O) groups is 1. The van der Waals surface area contributed by atoms with E-state index in [0.717, 1.165) is 43.1 Å². The molecule has 0 radical (unpaired) electrons. The lowest BCUT2D eigenvalue weighted by Gasteiger charge is -2.34. The Bertz CT molecular complexity index is 1320. The number of nitrogens with one attached hydrogen (secondary N) is 1. The van der Waals surface area contributed by atoms with E-state index in [1.165, 1.54) is 19.2 Å². The van der Waals surface area contributed by atoms with Crippen molar-refractivity contribution in [2.45, 2.75) is 15.6 Å². The van der Waals surface area contributed by atoms with E-state index in [9.17, 15) is 18.4 Å². The highest BCUT2D eigenvalue weighted by atomic mass is 32.2. The number of benzene rings is 2. The minimum Gasteiger partial charge on any atom is -0.497 e. The van der Waals surface area contributed by atoms with Gasteiger partial charge in [0.25, 0.3) is 5.91 Å². The summed E-state index contributed by atoms with van der Waals surface area (Å²) >= 11 is 1.12. The first-order valence-electron chi connectivity index (χ1n) is 11.4. The van der Waals surface area contributed by atoms with Crippen LogP contribution in [0.15, 0.2) is 63.0 Å². The summed E-state index contributed by atoms with van der Waals surface area (Å²) in [5, 5.41) is 11.1. The molecule has 0 spiro atoms. The number of hydrogen-bond donors (Lipinski definition) is 2. The molecule has 192 valence electrons. The van der Waals surface area contributed by atoms with E-state index in [-0.39, 0.29) is 14.7 Å². The van der Waals surface area contributed by atoms with Gasteiger partial charge in [-0.15, -0.1) is 11.3 Å². The second kappa shape index (κ2) is 11.0. The van der Waals surface area contributed by atoms with Crippen molar-refractivity contribution in [2.24, 2.45) is 0 Å². The number of carbonyl (C=O) groups excluding carboxylic acids is 1. The summed E-state index contributed by atoms with van der Waals surface area (Å²) in [6.07, 6.45) is 0. The second-order valence-corrected chi connectivity index (χ2v) is 11.7. The smallest absolute Gasteiger partial charge is 0.276 e. The van der Waals surface area contributed by atoms with Crippen molar-refractivity contribution in [2.75, 3.05) is 52.3 Å². The van der Waals surface area contributed by atoms with E-state index in [2.05, 4.69) is 16.8 Å². The van der Waals surface area contributed by atoms with Crippen LogP contribution in [0.4, 0.5) is 11.4 Å². The lowest BCUT2D eigenvalue weighted by Crippen LogP contribution is -2.44. The SMILES string of the molecule is COc1ccc(S(=O)(=O)c2sccc2N(C)c2c(CN3CCN(C)CC3)cccc2C(=O)NO)cc1. The highest BCUT2D eigenvalue weighted by Crippen LogP contribution is 2.40. The lowest BCUT2D eigenvalue weighted by molar-refractivity contribution is 0.0707. The third-order valence-corrected chi connectivity index (χ3v) is 9.61. The topological polar surface area (TPSA) is 102 Å². The highest BCUT2D eigenvalue weighted by Gasteiger charge is 2.28. The number of thiophene rings is 1. The number of sulfone groups is 1. The number of likely N-dealkylation sites (N-methyl/N-ethyl adjacent to an activating group) is 1. The van der Waals surface area contributed by atoms with Crippen LogP contribution in [0.3, 0.4) is 0 Å². The van der Waals surface area contributed by atoms with E-state index in [4.69, 9.17) is 4.74 Å². The van der Waals surface area contributed by atoms with Gasteiger partial charge in [-0.3, -0.25) is 14.9 Å². The number of rotatable bonds is 8. The zero-order valence-electron chi connectivity index (χ0n) is 20.5. The molecular weight excluding hydrogens is 500 g/mol. The fourth-order valence-corrected chi connectivity index (χ4v) is 7.12. The van der Waals surface area contributed by atoms with Gasteiger partial charge in [0, 0.05) is 39.8 Å². The molecule has 1 amide bonds. The van der Waals surface area contributed by atoms with Gasteiger partial charge in [-0.05, 0) is 54.4 Å². The molecule has 0 aliphatic carbocycles. The number of para-hydroxylation sites is 1. The summed E-state index contributed by atoms with van der Waals surface area (Å²) in [6, 6.07) is 13.3. The fraction of sp³-hybridized carbons (Fsp3) is 0.320. The fourth-order valence-electron chi connectivity index (χ4n) is 4.33. The Kier molecular flexibility index (Phi) is 7.96. The van der Waals surface area contributed by atoms with E-state index < -0.39 is 15.7 Å². The Morgan fingerprint density at radius 3 is 2.44 bits per heavy atom. The van der Waals surface area contributed by atoms with Gasteiger partial charge in [-0.25, -0.2) is 13.9 Å². The monoisotopic (exact) mass is 530 g/mol. The van der Waals surface area contributed by atoms with Gasteiger partial charge in [0.1, 0.15) is 9.96 Å². The molecule has 0 bridgehead atoms.